The van der Waals surface area contributed by atoms with E-state index in [1.807, 2.05) is 0 Å². The number of benzene rings is 1. The minimum Gasteiger partial charge on any atom is -0.400 e. The van der Waals surface area contributed by atoms with Crippen molar-refractivity contribution in [1.29, 1.82) is 0 Å². The van der Waals surface area contributed by atoms with Gasteiger partial charge in [0.05, 0.1) is 0 Å². The fraction of sp³-hybridized carbons (Fsp3) is 0.571. The van der Waals surface area contributed by atoms with Crippen molar-refractivity contribution in [2.45, 2.75) is 46.0 Å². The quantitative estimate of drug-likeness (QED) is 0.731. The van der Waals surface area contributed by atoms with Crippen molar-refractivity contribution < 1.29 is 5.11 Å². The second kappa shape index (κ2) is 9.72. The molecule has 0 unspecified atom stereocenters. The molecule has 0 saturated carbocycles. The maximum absolute atomic E-state index is 7.00. The van der Waals surface area contributed by atoms with Crippen LogP contribution in [0.3, 0.4) is 0 Å². The Bertz CT molecular complexity index is 243. The number of aliphatic hydroxyl groups is 1. The lowest BCUT2D eigenvalue weighted by atomic mass is 10.0. The van der Waals surface area contributed by atoms with Crippen LogP contribution in [-0.2, 0) is 6.42 Å². The van der Waals surface area contributed by atoms with Gasteiger partial charge in [0, 0.05) is 7.11 Å². The monoisotopic (exact) mass is 208 g/mol. The van der Waals surface area contributed by atoms with Gasteiger partial charge in [0.2, 0.25) is 0 Å². The standard InChI is InChI=1S/C13H20.CH4O/c1-3-4-5-6-9-13-10-7-8-12(2)11-13;1-2/h7-8,10-11H,3-6,9H2,1-2H3;2H,1H3. The Hall–Kier alpha value is -0.820. The first-order chi connectivity index (χ1) is 7.33. The van der Waals surface area contributed by atoms with Crippen LogP contribution in [0.5, 0.6) is 0 Å². The van der Waals surface area contributed by atoms with Crippen LogP contribution in [0.4, 0.5) is 0 Å². The summed E-state index contributed by atoms with van der Waals surface area (Å²) in [7, 11) is 1.00. The molecule has 1 nitrogen and oxygen atoms in total. The SMILES string of the molecule is CCCCCCc1cccc(C)c1.CO. The predicted molar refractivity (Wildman–Crippen MR) is 67.2 cm³/mol. The average molecular weight is 208 g/mol. The lowest BCUT2D eigenvalue weighted by Crippen LogP contribution is -1.86. The number of hydrogen-bond donors (Lipinski definition) is 1. The third-order valence-corrected chi connectivity index (χ3v) is 2.40. The molecule has 0 bridgehead atoms. The summed E-state index contributed by atoms with van der Waals surface area (Å²) in [4.78, 5) is 0. The second-order valence-corrected chi connectivity index (χ2v) is 3.80. The highest BCUT2D eigenvalue weighted by Crippen LogP contribution is 2.09. The molecule has 15 heavy (non-hydrogen) atoms. The van der Waals surface area contributed by atoms with E-state index in [1.165, 1.54) is 43.2 Å². The zero-order chi connectivity index (χ0) is 11.5. The van der Waals surface area contributed by atoms with E-state index in [2.05, 4.69) is 38.1 Å². The van der Waals surface area contributed by atoms with Crippen molar-refractivity contribution in [3.05, 3.63) is 35.4 Å². The zero-order valence-corrected chi connectivity index (χ0v) is 10.3. The largest absolute Gasteiger partial charge is 0.400 e. The molecule has 0 atom stereocenters. The maximum atomic E-state index is 7.00. The molecule has 0 radical (unpaired) electrons. The molecule has 1 rings (SSSR count). The van der Waals surface area contributed by atoms with Gasteiger partial charge in [-0.1, -0.05) is 56.0 Å². The normalized spacial score (nSPS) is 9.33. The van der Waals surface area contributed by atoms with Crippen molar-refractivity contribution in [1.82, 2.24) is 0 Å². The van der Waals surface area contributed by atoms with Crippen LogP contribution in [0.2, 0.25) is 0 Å². The average Bonchev–Trinajstić information content (AvgIpc) is 2.27. The van der Waals surface area contributed by atoms with Crippen LogP contribution < -0.4 is 0 Å². The first-order valence-electron chi connectivity index (χ1n) is 5.83. The highest BCUT2D eigenvalue weighted by atomic mass is 16.2. The van der Waals surface area contributed by atoms with E-state index in [-0.39, 0.29) is 0 Å². The highest BCUT2D eigenvalue weighted by Gasteiger charge is 1.93. The van der Waals surface area contributed by atoms with E-state index in [0.717, 1.165) is 7.11 Å². The van der Waals surface area contributed by atoms with Gasteiger partial charge in [0.1, 0.15) is 0 Å². The Labute approximate surface area is 94.2 Å². The number of unbranched alkanes of at least 4 members (excludes halogenated alkanes) is 3. The number of hydrogen-bond acceptors (Lipinski definition) is 1. The van der Waals surface area contributed by atoms with Gasteiger partial charge in [0.25, 0.3) is 0 Å². The summed E-state index contributed by atoms with van der Waals surface area (Å²) < 4.78 is 0. The van der Waals surface area contributed by atoms with Crippen molar-refractivity contribution in [3.63, 3.8) is 0 Å². The summed E-state index contributed by atoms with van der Waals surface area (Å²) in [6.45, 7) is 4.42. The Balaban J connectivity index is 0.000000921. The Morgan fingerprint density at radius 3 is 2.40 bits per heavy atom. The summed E-state index contributed by atoms with van der Waals surface area (Å²) >= 11 is 0. The van der Waals surface area contributed by atoms with Crippen LogP contribution in [0.25, 0.3) is 0 Å². The molecule has 0 aromatic heterocycles. The molecule has 86 valence electrons. The molecule has 1 heteroatoms. The van der Waals surface area contributed by atoms with Crippen LogP contribution in [0, 0.1) is 6.92 Å². The smallest absolute Gasteiger partial charge is 0.0319 e. The summed E-state index contributed by atoms with van der Waals surface area (Å²) in [6, 6.07) is 8.85. The summed E-state index contributed by atoms with van der Waals surface area (Å²) in [6.07, 6.45) is 6.68. The number of aryl methyl sites for hydroxylation is 2. The van der Waals surface area contributed by atoms with Crippen molar-refractivity contribution in [3.8, 4) is 0 Å². The third kappa shape index (κ3) is 7.15. The first-order valence-corrected chi connectivity index (χ1v) is 5.83. The van der Waals surface area contributed by atoms with Crippen LogP contribution in [0.15, 0.2) is 24.3 Å². The summed E-state index contributed by atoms with van der Waals surface area (Å²) in [5, 5.41) is 7.00. The van der Waals surface area contributed by atoms with E-state index < -0.39 is 0 Å². The summed E-state index contributed by atoms with van der Waals surface area (Å²) in [5.41, 5.74) is 2.88. The molecular formula is C14H24O. The van der Waals surface area contributed by atoms with Gasteiger partial charge in [-0.25, -0.2) is 0 Å². The van der Waals surface area contributed by atoms with Crippen molar-refractivity contribution >= 4 is 0 Å². The lowest BCUT2D eigenvalue weighted by molar-refractivity contribution is 0.399. The van der Waals surface area contributed by atoms with Crippen molar-refractivity contribution in [2.75, 3.05) is 7.11 Å². The molecular weight excluding hydrogens is 184 g/mol. The van der Waals surface area contributed by atoms with Gasteiger partial charge in [-0.05, 0) is 25.3 Å². The molecule has 1 N–H and O–H groups in total. The first kappa shape index (κ1) is 14.2. The fourth-order valence-corrected chi connectivity index (χ4v) is 1.62. The molecule has 1 aromatic rings. The Morgan fingerprint density at radius 2 is 1.80 bits per heavy atom. The lowest BCUT2D eigenvalue weighted by Gasteiger charge is -2.01. The Morgan fingerprint density at radius 1 is 1.07 bits per heavy atom. The molecule has 0 amide bonds. The van der Waals surface area contributed by atoms with Crippen LogP contribution in [-0.4, -0.2) is 12.2 Å². The summed E-state index contributed by atoms with van der Waals surface area (Å²) in [5.74, 6) is 0. The maximum Gasteiger partial charge on any atom is 0.0319 e. The molecule has 0 saturated heterocycles. The van der Waals surface area contributed by atoms with Crippen LogP contribution >= 0.6 is 0 Å². The molecule has 0 fully saturated rings. The minimum atomic E-state index is 1.00. The molecule has 0 aliphatic heterocycles. The van der Waals surface area contributed by atoms with E-state index >= 15 is 0 Å². The van der Waals surface area contributed by atoms with Crippen LogP contribution in [0.1, 0.15) is 43.7 Å². The second-order valence-electron chi connectivity index (χ2n) is 3.80. The van der Waals surface area contributed by atoms with E-state index in [9.17, 15) is 0 Å². The van der Waals surface area contributed by atoms with E-state index in [1.54, 1.807) is 0 Å². The molecule has 0 heterocycles. The van der Waals surface area contributed by atoms with Gasteiger partial charge in [-0.3, -0.25) is 0 Å². The van der Waals surface area contributed by atoms with Gasteiger partial charge in [-0.15, -0.1) is 0 Å². The van der Waals surface area contributed by atoms with Crippen molar-refractivity contribution in [2.24, 2.45) is 0 Å². The van der Waals surface area contributed by atoms with Gasteiger partial charge in [0.15, 0.2) is 0 Å². The minimum absolute atomic E-state index is 1.00. The molecule has 0 spiro atoms. The molecule has 0 aliphatic rings. The number of aliphatic hydroxyl groups excluding tert-OH is 1. The number of rotatable bonds is 5. The van der Waals surface area contributed by atoms with Gasteiger partial charge in [-0.2, -0.15) is 0 Å². The topological polar surface area (TPSA) is 20.2 Å². The zero-order valence-electron chi connectivity index (χ0n) is 10.3. The third-order valence-electron chi connectivity index (χ3n) is 2.40. The fourth-order valence-electron chi connectivity index (χ4n) is 1.62. The highest BCUT2D eigenvalue weighted by molar-refractivity contribution is 5.22. The molecule has 0 aliphatic carbocycles. The molecule has 1 aromatic carbocycles. The van der Waals surface area contributed by atoms with Gasteiger partial charge < -0.3 is 5.11 Å². The van der Waals surface area contributed by atoms with E-state index in [0.29, 0.717) is 0 Å². The Kier molecular flexibility index (Phi) is 9.19. The van der Waals surface area contributed by atoms with E-state index in [4.69, 9.17) is 5.11 Å². The predicted octanol–water partition coefficient (Wildman–Crippen LogP) is 3.73. The van der Waals surface area contributed by atoms with Gasteiger partial charge >= 0.3 is 0 Å².